The minimum Gasteiger partial charge on any atom is -0.501 e. The van der Waals surface area contributed by atoms with Gasteiger partial charge in [0.25, 0.3) is 0 Å². The van der Waals surface area contributed by atoms with Crippen molar-refractivity contribution in [1.29, 1.82) is 0 Å². The smallest absolute Gasteiger partial charge is 0.0873 e. The van der Waals surface area contributed by atoms with E-state index in [2.05, 4.69) is 26.0 Å². The lowest BCUT2D eigenvalue weighted by atomic mass is 9.80. The van der Waals surface area contributed by atoms with E-state index in [0.717, 1.165) is 49.4 Å². The Hall–Kier alpha value is -1.09. The first-order valence-electron chi connectivity index (χ1n) is 7.84. The van der Waals surface area contributed by atoms with Crippen molar-refractivity contribution in [2.75, 3.05) is 18.1 Å². The predicted molar refractivity (Wildman–Crippen MR) is 90.5 cm³/mol. The van der Waals surface area contributed by atoms with Crippen LogP contribution in [0, 0.1) is 5.41 Å². The molecule has 0 bridgehead atoms. The summed E-state index contributed by atoms with van der Waals surface area (Å²) in [6.45, 7) is 5.05. The highest BCUT2D eigenvalue weighted by molar-refractivity contribution is 7.85. The van der Waals surface area contributed by atoms with Gasteiger partial charge in [-0.05, 0) is 49.2 Å². The summed E-state index contributed by atoms with van der Waals surface area (Å²) in [7, 11) is -0.584. The third-order valence-electron chi connectivity index (χ3n) is 4.54. The topological polar surface area (TPSA) is 26.3 Å². The summed E-state index contributed by atoms with van der Waals surface area (Å²) in [6, 6.07) is 10.3. The lowest BCUT2D eigenvalue weighted by Gasteiger charge is -2.25. The average molecular weight is 306 g/mol. The van der Waals surface area contributed by atoms with Gasteiger partial charge < -0.3 is 4.74 Å². The summed E-state index contributed by atoms with van der Waals surface area (Å²) >= 11 is 0. The van der Waals surface area contributed by atoms with Crippen LogP contribution in [0.2, 0.25) is 0 Å². The predicted octanol–water partition coefficient (Wildman–Crippen LogP) is 4.39. The minimum atomic E-state index is -0.584. The maximum absolute atomic E-state index is 11.6. The van der Waals surface area contributed by atoms with Crippen molar-refractivity contribution in [2.45, 2.75) is 39.5 Å². The third kappa shape index (κ3) is 4.70. The second-order valence-corrected chi connectivity index (χ2v) is 7.61. The van der Waals surface area contributed by atoms with Gasteiger partial charge >= 0.3 is 0 Å². The summed E-state index contributed by atoms with van der Waals surface area (Å²) in [5.74, 6) is 1.78. The van der Waals surface area contributed by atoms with E-state index in [0.29, 0.717) is 5.41 Å². The van der Waals surface area contributed by atoms with Gasteiger partial charge in [-0.1, -0.05) is 37.3 Å². The maximum Gasteiger partial charge on any atom is 0.0873 e. The Morgan fingerprint density at radius 2 is 2.14 bits per heavy atom. The molecule has 1 fully saturated rings. The van der Waals surface area contributed by atoms with E-state index in [-0.39, 0.29) is 0 Å². The molecule has 0 aliphatic carbocycles. The van der Waals surface area contributed by atoms with Gasteiger partial charge in [0, 0.05) is 22.3 Å². The Bertz CT molecular complexity index is 495. The molecule has 0 spiro atoms. The van der Waals surface area contributed by atoms with Crippen LogP contribution in [0.15, 0.2) is 36.6 Å². The summed E-state index contributed by atoms with van der Waals surface area (Å²) in [5, 5.41) is 0. The second kappa shape index (κ2) is 7.79. The SMILES string of the molecule is CCC1(CCCO/C=C(/C)c2ccccc2)CCS(=O)C1. The highest BCUT2D eigenvalue weighted by atomic mass is 32.2. The Morgan fingerprint density at radius 1 is 1.38 bits per heavy atom. The maximum atomic E-state index is 11.6. The van der Waals surface area contributed by atoms with Crippen molar-refractivity contribution in [3.05, 3.63) is 42.2 Å². The Labute approximate surface area is 131 Å². The number of ether oxygens (including phenoxy) is 1. The van der Waals surface area contributed by atoms with E-state index in [1.165, 1.54) is 5.56 Å². The fourth-order valence-electron chi connectivity index (χ4n) is 2.95. The van der Waals surface area contributed by atoms with Crippen LogP contribution >= 0.6 is 0 Å². The van der Waals surface area contributed by atoms with Crippen molar-refractivity contribution in [3.8, 4) is 0 Å². The van der Waals surface area contributed by atoms with Crippen LogP contribution in [0.1, 0.15) is 45.1 Å². The molecule has 1 saturated heterocycles. The van der Waals surface area contributed by atoms with Gasteiger partial charge in [0.15, 0.2) is 0 Å². The van der Waals surface area contributed by atoms with Gasteiger partial charge in [0.1, 0.15) is 0 Å². The first kappa shape index (κ1) is 16.3. The summed E-state index contributed by atoms with van der Waals surface area (Å²) < 4.78 is 17.3. The fourth-order valence-corrected chi connectivity index (χ4v) is 4.93. The molecule has 2 atom stereocenters. The van der Waals surface area contributed by atoms with Gasteiger partial charge in [-0.15, -0.1) is 0 Å². The lowest BCUT2D eigenvalue weighted by Crippen LogP contribution is -2.20. The molecule has 1 aliphatic rings. The average Bonchev–Trinajstić information content (AvgIpc) is 2.89. The molecule has 1 aliphatic heterocycles. The quantitative estimate of drug-likeness (QED) is 0.551. The number of hydrogen-bond acceptors (Lipinski definition) is 2. The summed E-state index contributed by atoms with van der Waals surface area (Å²) in [6.07, 6.45) is 6.30. The molecular weight excluding hydrogens is 280 g/mol. The van der Waals surface area contributed by atoms with Crippen LogP contribution in [0.3, 0.4) is 0 Å². The summed E-state index contributed by atoms with van der Waals surface area (Å²) in [4.78, 5) is 0. The molecule has 1 aromatic rings. The van der Waals surface area contributed by atoms with Crippen LogP contribution < -0.4 is 0 Å². The summed E-state index contributed by atoms with van der Waals surface area (Å²) in [5.41, 5.74) is 2.67. The molecule has 21 heavy (non-hydrogen) atoms. The fraction of sp³-hybridized carbons (Fsp3) is 0.556. The van der Waals surface area contributed by atoms with Crippen molar-refractivity contribution < 1.29 is 8.95 Å². The highest BCUT2D eigenvalue weighted by Crippen LogP contribution is 2.38. The first-order valence-corrected chi connectivity index (χ1v) is 9.33. The Morgan fingerprint density at radius 3 is 2.76 bits per heavy atom. The van der Waals surface area contributed by atoms with E-state index in [1.54, 1.807) is 0 Å². The monoisotopic (exact) mass is 306 g/mol. The Balaban J connectivity index is 1.74. The van der Waals surface area contributed by atoms with E-state index in [4.69, 9.17) is 4.74 Å². The molecule has 2 nitrogen and oxygen atoms in total. The zero-order valence-electron chi connectivity index (χ0n) is 13.1. The van der Waals surface area contributed by atoms with E-state index < -0.39 is 10.8 Å². The van der Waals surface area contributed by atoms with E-state index in [9.17, 15) is 4.21 Å². The van der Waals surface area contributed by atoms with E-state index >= 15 is 0 Å². The van der Waals surface area contributed by atoms with Crippen LogP contribution in [0.5, 0.6) is 0 Å². The van der Waals surface area contributed by atoms with Crippen LogP contribution in [-0.4, -0.2) is 22.3 Å². The van der Waals surface area contributed by atoms with Crippen molar-refractivity contribution in [2.24, 2.45) is 5.41 Å². The molecule has 0 aromatic heterocycles. The Kier molecular flexibility index (Phi) is 6.04. The molecule has 2 rings (SSSR count). The molecule has 1 aromatic carbocycles. The van der Waals surface area contributed by atoms with Crippen LogP contribution in [0.25, 0.3) is 5.57 Å². The molecule has 1 heterocycles. The number of benzene rings is 1. The van der Waals surface area contributed by atoms with Gasteiger partial charge in [0.05, 0.1) is 12.9 Å². The van der Waals surface area contributed by atoms with Gasteiger partial charge in [-0.3, -0.25) is 4.21 Å². The van der Waals surface area contributed by atoms with Crippen LogP contribution in [-0.2, 0) is 15.5 Å². The largest absolute Gasteiger partial charge is 0.501 e. The highest BCUT2D eigenvalue weighted by Gasteiger charge is 2.35. The molecule has 2 unspecified atom stereocenters. The van der Waals surface area contributed by atoms with Crippen molar-refractivity contribution in [1.82, 2.24) is 0 Å². The number of rotatable bonds is 7. The molecule has 0 radical (unpaired) electrons. The van der Waals surface area contributed by atoms with Gasteiger partial charge in [0.2, 0.25) is 0 Å². The zero-order chi connectivity index (χ0) is 15.1. The van der Waals surface area contributed by atoms with Gasteiger partial charge in [-0.25, -0.2) is 0 Å². The molecule has 3 heteroatoms. The first-order chi connectivity index (χ1) is 10.2. The number of allylic oxidation sites excluding steroid dienone is 1. The van der Waals surface area contributed by atoms with Crippen molar-refractivity contribution in [3.63, 3.8) is 0 Å². The zero-order valence-corrected chi connectivity index (χ0v) is 14.0. The lowest BCUT2D eigenvalue weighted by molar-refractivity contribution is 0.206. The molecule has 0 saturated carbocycles. The third-order valence-corrected chi connectivity index (χ3v) is 6.13. The normalized spacial score (nSPS) is 26.0. The van der Waals surface area contributed by atoms with Crippen molar-refractivity contribution >= 4 is 16.4 Å². The van der Waals surface area contributed by atoms with E-state index in [1.807, 2.05) is 24.5 Å². The van der Waals surface area contributed by atoms with Gasteiger partial charge in [-0.2, -0.15) is 0 Å². The molecule has 116 valence electrons. The number of hydrogen-bond donors (Lipinski definition) is 0. The second-order valence-electron chi connectivity index (χ2n) is 6.03. The minimum absolute atomic E-state index is 0.312. The molecular formula is C18H26O2S. The standard InChI is InChI=1S/C18H26O2S/c1-3-18(11-13-21(19)15-18)10-7-12-20-14-16(2)17-8-5-4-6-9-17/h4-6,8-9,14H,3,7,10-13,15H2,1-2H3/b16-14-. The molecule has 0 amide bonds. The molecule has 0 N–H and O–H groups in total. The van der Waals surface area contributed by atoms with Crippen LogP contribution in [0.4, 0.5) is 0 Å².